The van der Waals surface area contributed by atoms with Gasteiger partial charge in [-0.1, -0.05) is 11.6 Å². The van der Waals surface area contributed by atoms with Gasteiger partial charge in [0.2, 0.25) is 0 Å². The Balaban J connectivity index is 3.55. The molecular formula is C10H6ClF5O. The van der Waals surface area contributed by atoms with Crippen molar-refractivity contribution in [2.24, 2.45) is 0 Å². The molecule has 0 bridgehead atoms. The molecule has 1 nitrogen and oxygen atoms in total. The van der Waals surface area contributed by atoms with Crippen molar-refractivity contribution < 1.29 is 26.7 Å². The standard InChI is InChI=1S/C10H6ClF5O/c1-4(17)5-2-6(9(12)13)8(7(11)3-5)10(14,15)16/h2-3,9H,1H3. The number of hydrogen-bond donors (Lipinski definition) is 0. The molecule has 1 rings (SSSR count). The van der Waals surface area contributed by atoms with Gasteiger partial charge in [0.05, 0.1) is 10.6 Å². The van der Waals surface area contributed by atoms with Crippen LogP contribution in [0.3, 0.4) is 0 Å². The van der Waals surface area contributed by atoms with Gasteiger partial charge in [0, 0.05) is 11.1 Å². The molecule has 0 fully saturated rings. The first kappa shape index (κ1) is 13.9. The van der Waals surface area contributed by atoms with Gasteiger partial charge in [-0.15, -0.1) is 0 Å². The van der Waals surface area contributed by atoms with Crippen molar-refractivity contribution >= 4 is 17.4 Å². The fraction of sp³-hybridized carbons (Fsp3) is 0.300. The molecule has 0 spiro atoms. The number of Topliss-reactive ketones (excluding diaryl/α,β-unsaturated/α-hetero) is 1. The van der Waals surface area contributed by atoms with Crippen molar-refractivity contribution in [2.75, 3.05) is 0 Å². The molecule has 0 radical (unpaired) electrons. The van der Waals surface area contributed by atoms with Gasteiger partial charge in [-0.2, -0.15) is 13.2 Å². The molecule has 0 aromatic heterocycles. The van der Waals surface area contributed by atoms with Crippen LogP contribution in [0, 0.1) is 0 Å². The lowest BCUT2D eigenvalue weighted by molar-refractivity contribution is -0.139. The second-order valence-electron chi connectivity index (χ2n) is 3.28. The van der Waals surface area contributed by atoms with E-state index in [4.69, 9.17) is 11.6 Å². The number of carbonyl (C=O) groups is 1. The van der Waals surface area contributed by atoms with Crippen molar-refractivity contribution in [1.29, 1.82) is 0 Å². The molecular weight excluding hydrogens is 267 g/mol. The smallest absolute Gasteiger partial charge is 0.295 e. The van der Waals surface area contributed by atoms with Crippen molar-refractivity contribution in [3.8, 4) is 0 Å². The highest BCUT2D eigenvalue weighted by Crippen LogP contribution is 2.41. The largest absolute Gasteiger partial charge is 0.418 e. The van der Waals surface area contributed by atoms with Crippen molar-refractivity contribution in [3.63, 3.8) is 0 Å². The monoisotopic (exact) mass is 272 g/mol. The molecule has 0 heterocycles. The molecule has 0 saturated carbocycles. The van der Waals surface area contributed by atoms with Crippen molar-refractivity contribution in [3.05, 3.63) is 33.8 Å². The van der Waals surface area contributed by atoms with E-state index in [2.05, 4.69) is 0 Å². The third-order valence-electron chi connectivity index (χ3n) is 2.05. The summed E-state index contributed by atoms with van der Waals surface area (Å²) in [6.45, 7) is 1.05. The summed E-state index contributed by atoms with van der Waals surface area (Å²) < 4.78 is 62.5. The zero-order valence-corrected chi connectivity index (χ0v) is 9.16. The number of alkyl halides is 5. The maximum Gasteiger partial charge on any atom is 0.418 e. The molecule has 1 aromatic rings. The second kappa shape index (κ2) is 4.60. The summed E-state index contributed by atoms with van der Waals surface area (Å²) in [6.07, 6.45) is -8.35. The minimum absolute atomic E-state index is 0.279. The molecule has 0 aliphatic rings. The summed E-state index contributed by atoms with van der Waals surface area (Å²) in [6, 6.07) is 1.25. The van der Waals surface area contributed by atoms with Crippen LogP contribution in [-0.4, -0.2) is 5.78 Å². The SMILES string of the molecule is CC(=O)c1cc(Cl)c(C(F)(F)F)c(C(F)F)c1. The Hall–Kier alpha value is -1.17. The number of ketones is 1. The summed E-state index contributed by atoms with van der Waals surface area (Å²) in [4.78, 5) is 10.9. The third-order valence-corrected chi connectivity index (χ3v) is 2.34. The van der Waals surface area contributed by atoms with E-state index in [0.29, 0.717) is 6.07 Å². The molecule has 7 heteroatoms. The van der Waals surface area contributed by atoms with Crippen LogP contribution >= 0.6 is 11.6 Å². The van der Waals surface area contributed by atoms with Gasteiger partial charge >= 0.3 is 6.18 Å². The zero-order chi connectivity index (χ0) is 13.4. The Morgan fingerprint density at radius 1 is 1.29 bits per heavy atom. The van der Waals surface area contributed by atoms with E-state index in [1.807, 2.05) is 0 Å². The molecule has 17 heavy (non-hydrogen) atoms. The lowest BCUT2D eigenvalue weighted by Crippen LogP contribution is -2.12. The van der Waals surface area contributed by atoms with Crippen LogP contribution in [0.2, 0.25) is 5.02 Å². The summed E-state index contributed by atoms with van der Waals surface area (Å²) in [5.41, 5.74) is -3.16. The predicted octanol–water partition coefficient (Wildman–Crippen LogP) is 4.50. The van der Waals surface area contributed by atoms with Crippen LogP contribution in [0.1, 0.15) is 34.8 Å². The summed E-state index contributed by atoms with van der Waals surface area (Å²) in [7, 11) is 0. The molecule has 0 amide bonds. The number of carbonyl (C=O) groups excluding carboxylic acids is 1. The average molecular weight is 273 g/mol. The highest BCUT2D eigenvalue weighted by Gasteiger charge is 2.38. The lowest BCUT2D eigenvalue weighted by Gasteiger charge is -2.15. The summed E-state index contributed by atoms with van der Waals surface area (Å²) in [5, 5.41) is -0.902. The van der Waals surface area contributed by atoms with Crippen LogP contribution in [0.5, 0.6) is 0 Å². The highest BCUT2D eigenvalue weighted by molar-refractivity contribution is 6.32. The number of hydrogen-bond acceptors (Lipinski definition) is 1. The van der Waals surface area contributed by atoms with Gasteiger partial charge < -0.3 is 0 Å². The Bertz CT molecular complexity index is 453. The molecule has 0 N–H and O–H groups in total. The van der Waals surface area contributed by atoms with E-state index >= 15 is 0 Å². The van der Waals surface area contributed by atoms with Gasteiger partial charge in [-0.25, -0.2) is 8.78 Å². The number of benzene rings is 1. The minimum atomic E-state index is -4.99. The molecule has 0 aliphatic carbocycles. The van der Waals surface area contributed by atoms with E-state index in [1.165, 1.54) is 0 Å². The number of rotatable bonds is 2. The molecule has 0 unspecified atom stereocenters. The maximum absolute atomic E-state index is 12.5. The molecule has 94 valence electrons. The third kappa shape index (κ3) is 2.94. The zero-order valence-electron chi connectivity index (χ0n) is 8.41. The van der Waals surface area contributed by atoms with Crippen LogP contribution < -0.4 is 0 Å². The van der Waals surface area contributed by atoms with E-state index in [9.17, 15) is 26.7 Å². The average Bonchev–Trinajstić information content (AvgIpc) is 2.13. The predicted molar refractivity (Wildman–Crippen MR) is 51.4 cm³/mol. The highest BCUT2D eigenvalue weighted by atomic mass is 35.5. The summed E-state index contributed by atoms with van der Waals surface area (Å²) in [5.74, 6) is -0.637. The minimum Gasteiger partial charge on any atom is -0.295 e. The van der Waals surface area contributed by atoms with E-state index < -0.39 is 34.5 Å². The topological polar surface area (TPSA) is 17.1 Å². The first-order valence-corrected chi connectivity index (χ1v) is 4.72. The van der Waals surface area contributed by atoms with Crippen LogP contribution in [0.4, 0.5) is 22.0 Å². The Morgan fingerprint density at radius 3 is 2.18 bits per heavy atom. The lowest BCUT2D eigenvalue weighted by atomic mass is 10.0. The van der Waals surface area contributed by atoms with Crippen LogP contribution in [0.25, 0.3) is 0 Å². The molecule has 0 atom stereocenters. The first-order valence-electron chi connectivity index (χ1n) is 4.34. The second-order valence-corrected chi connectivity index (χ2v) is 3.68. The van der Waals surface area contributed by atoms with Crippen LogP contribution in [0.15, 0.2) is 12.1 Å². The Labute approximate surface area is 98.2 Å². The molecule has 0 aliphatic heterocycles. The van der Waals surface area contributed by atoms with Crippen LogP contribution in [-0.2, 0) is 6.18 Å². The molecule has 0 saturated heterocycles. The van der Waals surface area contributed by atoms with Gasteiger partial charge in [0.1, 0.15) is 0 Å². The quantitative estimate of drug-likeness (QED) is 0.572. The Morgan fingerprint density at radius 2 is 1.82 bits per heavy atom. The van der Waals surface area contributed by atoms with Gasteiger partial charge in [-0.3, -0.25) is 4.79 Å². The fourth-order valence-electron chi connectivity index (χ4n) is 1.30. The van der Waals surface area contributed by atoms with Crippen molar-refractivity contribution in [1.82, 2.24) is 0 Å². The Kier molecular flexibility index (Phi) is 3.76. The molecule has 1 aromatic carbocycles. The van der Waals surface area contributed by atoms with Gasteiger partial charge in [-0.05, 0) is 19.1 Å². The fourth-order valence-corrected chi connectivity index (χ4v) is 1.64. The van der Waals surface area contributed by atoms with E-state index in [0.717, 1.165) is 13.0 Å². The normalized spacial score (nSPS) is 12.0. The van der Waals surface area contributed by atoms with Gasteiger partial charge in [0.15, 0.2) is 5.78 Å². The maximum atomic E-state index is 12.5. The summed E-state index contributed by atoms with van der Waals surface area (Å²) >= 11 is 5.30. The van der Waals surface area contributed by atoms with Crippen molar-refractivity contribution in [2.45, 2.75) is 19.5 Å². The number of halogens is 6. The first-order chi connectivity index (χ1) is 7.64. The van der Waals surface area contributed by atoms with Gasteiger partial charge in [0.25, 0.3) is 6.43 Å². The van der Waals surface area contributed by atoms with E-state index in [-0.39, 0.29) is 5.56 Å². The van der Waals surface area contributed by atoms with E-state index in [1.54, 1.807) is 0 Å².